The summed E-state index contributed by atoms with van der Waals surface area (Å²) < 4.78 is 0. The molecule has 0 bridgehead atoms. The number of carboxylic acids is 1. The van der Waals surface area contributed by atoms with Gasteiger partial charge in [-0.25, -0.2) is 0 Å². The van der Waals surface area contributed by atoms with Crippen molar-refractivity contribution >= 4 is 11.8 Å². The molecule has 0 unspecified atom stereocenters. The molecular weight excluding hydrogens is 170 g/mol. The van der Waals surface area contributed by atoms with Crippen LogP contribution in [0, 0.1) is 5.92 Å². The van der Waals surface area contributed by atoms with E-state index < -0.39 is 12.0 Å². The van der Waals surface area contributed by atoms with E-state index in [1.807, 2.05) is 13.8 Å². The molecule has 0 fully saturated rings. The first-order chi connectivity index (χ1) is 5.99. The summed E-state index contributed by atoms with van der Waals surface area (Å²) in [7, 11) is 0. The predicted octanol–water partition coefficient (Wildman–Crippen LogP) is 0.664. The Kier molecular flexibility index (Phi) is 5.30. The number of aliphatic carboxylic acids is 1. The molecule has 0 amide bonds. The van der Waals surface area contributed by atoms with Crippen LogP contribution >= 0.6 is 0 Å². The summed E-state index contributed by atoms with van der Waals surface area (Å²) in [6.45, 7) is 5.34. The van der Waals surface area contributed by atoms with E-state index in [4.69, 9.17) is 5.11 Å². The Morgan fingerprint density at radius 3 is 2.31 bits per heavy atom. The van der Waals surface area contributed by atoms with Crippen molar-refractivity contribution in [2.75, 3.05) is 6.54 Å². The first-order valence-corrected chi connectivity index (χ1v) is 4.44. The van der Waals surface area contributed by atoms with Gasteiger partial charge in [-0.05, 0) is 12.8 Å². The van der Waals surface area contributed by atoms with Crippen molar-refractivity contribution in [2.24, 2.45) is 5.92 Å². The molecule has 0 saturated carbocycles. The third-order valence-electron chi connectivity index (χ3n) is 2.05. The molecule has 0 radical (unpaired) electrons. The van der Waals surface area contributed by atoms with Gasteiger partial charge in [0, 0.05) is 0 Å². The second-order valence-electron chi connectivity index (χ2n) is 3.28. The van der Waals surface area contributed by atoms with Crippen molar-refractivity contribution in [2.45, 2.75) is 33.2 Å². The van der Waals surface area contributed by atoms with Gasteiger partial charge in [0.25, 0.3) is 0 Å². The monoisotopic (exact) mass is 187 g/mol. The smallest absolute Gasteiger partial charge is 0.320 e. The second kappa shape index (κ2) is 5.70. The maximum atomic E-state index is 10.7. The topological polar surface area (TPSA) is 66.4 Å². The average Bonchev–Trinajstić information content (AvgIpc) is 2.03. The van der Waals surface area contributed by atoms with Crippen molar-refractivity contribution in [1.82, 2.24) is 5.32 Å². The van der Waals surface area contributed by atoms with Crippen LogP contribution in [0.4, 0.5) is 0 Å². The molecule has 76 valence electrons. The van der Waals surface area contributed by atoms with Crippen molar-refractivity contribution in [3.63, 3.8) is 0 Å². The van der Waals surface area contributed by atoms with E-state index in [0.29, 0.717) is 0 Å². The van der Waals surface area contributed by atoms with Gasteiger partial charge in [-0.1, -0.05) is 20.3 Å². The number of hydrogen-bond donors (Lipinski definition) is 2. The summed E-state index contributed by atoms with van der Waals surface area (Å²) in [6, 6.07) is -0.617. The number of carbonyl (C=O) groups is 2. The van der Waals surface area contributed by atoms with Gasteiger partial charge in [0.2, 0.25) is 0 Å². The minimum absolute atomic E-state index is 0.0387. The van der Waals surface area contributed by atoms with Crippen LogP contribution < -0.4 is 5.32 Å². The molecule has 4 nitrogen and oxygen atoms in total. The Balaban J connectivity index is 4.10. The van der Waals surface area contributed by atoms with E-state index in [1.165, 1.54) is 6.92 Å². The lowest BCUT2D eigenvalue weighted by Crippen LogP contribution is -2.43. The summed E-state index contributed by atoms with van der Waals surface area (Å²) in [6.07, 6.45) is 0.780. The van der Waals surface area contributed by atoms with Gasteiger partial charge < -0.3 is 5.11 Å². The molecule has 0 aliphatic heterocycles. The molecule has 13 heavy (non-hydrogen) atoms. The normalized spacial score (nSPS) is 15.0. The van der Waals surface area contributed by atoms with Gasteiger partial charge in [0.1, 0.15) is 11.8 Å². The van der Waals surface area contributed by atoms with Crippen molar-refractivity contribution in [3.05, 3.63) is 0 Å². The highest BCUT2D eigenvalue weighted by molar-refractivity contribution is 5.79. The van der Waals surface area contributed by atoms with Gasteiger partial charge in [-0.2, -0.15) is 0 Å². The number of ketones is 1. The first-order valence-electron chi connectivity index (χ1n) is 4.44. The lowest BCUT2D eigenvalue weighted by molar-refractivity contribution is -0.140. The lowest BCUT2D eigenvalue weighted by Gasteiger charge is -2.19. The van der Waals surface area contributed by atoms with E-state index >= 15 is 0 Å². The summed E-state index contributed by atoms with van der Waals surface area (Å²) in [5.41, 5.74) is 0. The van der Waals surface area contributed by atoms with Crippen LogP contribution in [0.25, 0.3) is 0 Å². The van der Waals surface area contributed by atoms with Crippen LogP contribution in [0.15, 0.2) is 0 Å². The van der Waals surface area contributed by atoms with Crippen molar-refractivity contribution in [3.8, 4) is 0 Å². The number of carbonyl (C=O) groups excluding carboxylic acids is 1. The van der Waals surface area contributed by atoms with Crippen molar-refractivity contribution < 1.29 is 14.7 Å². The molecule has 0 heterocycles. The third-order valence-corrected chi connectivity index (χ3v) is 2.05. The summed E-state index contributed by atoms with van der Waals surface area (Å²) >= 11 is 0. The van der Waals surface area contributed by atoms with E-state index in [2.05, 4.69) is 5.32 Å². The van der Waals surface area contributed by atoms with Gasteiger partial charge >= 0.3 is 5.97 Å². The molecule has 0 aliphatic rings. The van der Waals surface area contributed by atoms with E-state index in [1.54, 1.807) is 0 Å². The Morgan fingerprint density at radius 1 is 1.46 bits per heavy atom. The SMILES string of the molecule is CC[C@H](C)[C@H](NCC(C)=O)C(=O)O. The standard InChI is InChI=1S/C9H17NO3/c1-4-6(2)8(9(12)13)10-5-7(3)11/h6,8,10H,4-5H2,1-3H3,(H,12,13)/t6-,8-/m0/s1. The van der Waals surface area contributed by atoms with Crippen LogP contribution in [0.2, 0.25) is 0 Å². The highest BCUT2D eigenvalue weighted by atomic mass is 16.4. The summed E-state index contributed by atoms with van der Waals surface area (Å²) in [4.78, 5) is 21.4. The number of carboxylic acid groups (broad SMARTS) is 1. The zero-order valence-electron chi connectivity index (χ0n) is 8.33. The highest BCUT2D eigenvalue weighted by Crippen LogP contribution is 2.07. The predicted molar refractivity (Wildman–Crippen MR) is 49.6 cm³/mol. The largest absolute Gasteiger partial charge is 0.480 e. The minimum Gasteiger partial charge on any atom is -0.480 e. The van der Waals surface area contributed by atoms with E-state index in [0.717, 1.165) is 6.42 Å². The highest BCUT2D eigenvalue weighted by Gasteiger charge is 2.22. The molecule has 0 aliphatic carbocycles. The molecular formula is C9H17NO3. The molecule has 0 aromatic rings. The van der Waals surface area contributed by atoms with Gasteiger partial charge in [-0.15, -0.1) is 0 Å². The summed E-state index contributed by atoms with van der Waals surface area (Å²) in [5, 5.41) is 11.5. The molecule has 0 spiro atoms. The van der Waals surface area contributed by atoms with Gasteiger partial charge in [-0.3, -0.25) is 14.9 Å². The van der Waals surface area contributed by atoms with Crippen LogP contribution in [0.5, 0.6) is 0 Å². The second-order valence-corrected chi connectivity index (χ2v) is 3.28. The molecule has 2 N–H and O–H groups in total. The maximum Gasteiger partial charge on any atom is 0.320 e. The molecule has 4 heteroatoms. The summed E-state index contributed by atoms with van der Waals surface area (Å²) in [5.74, 6) is -0.901. The Labute approximate surface area is 78.3 Å². The Hall–Kier alpha value is -0.900. The van der Waals surface area contributed by atoms with Gasteiger partial charge in [0.15, 0.2) is 0 Å². The number of rotatable bonds is 6. The number of Topliss-reactive ketones (excluding diaryl/α,β-unsaturated/α-hetero) is 1. The van der Waals surface area contributed by atoms with Gasteiger partial charge in [0.05, 0.1) is 6.54 Å². The van der Waals surface area contributed by atoms with E-state index in [-0.39, 0.29) is 18.2 Å². The first kappa shape index (κ1) is 12.1. The molecule has 0 aromatic heterocycles. The maximum absolute atomic E-state index is 10.7. The Bertz CT molecular complexity index is 191. The quantitative estimate of drug-likeness (QED) is 0.641. The van der Waals surface area contributed by atoms with E-state index in [9.17, 15) is 9.59 Å². The lowest BCUT2D eigenvalue weighted by atomic mass is 9.99. The number of hydrogen-bond acceptors (Lipinski definition) is 3. The van der Waals surface area contributed by atoms with Crippen molar-refractivity contribution in [1.29, 1.82) is 0 Å². The average molecular weight is 187 g/mol. The fourth-order valence-corrected chi connectivity index (χ4v) is 1.02. The third kappa shape index (κ3) is 4.62. The van der Waals surface area contributed by atoms with Crippen LogP contribution in [0.1, 0.15) is 27.2 Å². The zero-order chi connectivity index (χ0) is 10.4. The number of nitrogens with one attached hydrogen (secondary N) is 1. The molecule has 2 atom stereocenters. The molecule has 0 aromatic carbocycles. The Morgan fingerprint density at radius 2 is 2.00 bits per heavy atom. The van der Waals surface area contributed by atoms with Crippen LogP contribution in [0.3, 0.4) is 0 Å². The molecule has 0 saturated heterocycles. The minimum atomic E-state index is -0.893. The van der Waals surface area contributed by atoms with Crippen LogP contribution in [-0.4, -0.2) is 29.4 Å². The fraction of sp³-hybridized carbons (Fsp3) is 0.778. The fourth-order valence-electron chi connectivity index (χ4n) is 1.02. The molecule has 0 rings (SSSR count). The van der Waals surface area contributed by atoms with Crippen LogP contribution in [-0.2, 0) is 9.59 Å². The zero-order valence-corrected chi connectivity index (χ0v) is 8.33.